The molecule has 0 saturated heterocycles. The van der Waals surface area contributed by atoms with Crippen LogP contribution in [0, 0.1) is 0 Å². The van der Waals surface area contributed by atoms with Crippen LogP contribution in [-0.2, 0) is 0 Å². The molecule has 1 aromatic carbocycles. The van der Waals surface area contributed by atoms with Gasteiger partial charge in [-0.25, -0.2) is 14.6 Å². The van der Waals surface area contributed by atoms with E-state index in [4.69, 9.17) is 0 Å². The monoisotopic (exact) mass is 271 g/mol. The molecule has 0 bridgehead atoms. The molecule has 0 spiro atoms. The Bertz CT molecular complexity index is 616. The Morgan fingerprint density at radius 1 is 1.26 bits per heavy atom. The van der Waals surface area contributed by atoms with Gasteiger partial charge in [-0.3, -0.25) is 0 Å². The van der Waals surface area contributed by atoms with Gasteiger partial charge in [0.25, 0.3) is 0 Å². The second-order valence-corrected chi connectivity index (χ2v) is 5.05. The van der Waals surface area contributed by atoms with Gasteiger partial charge in [-0.05, 0) is 31.2 Å². The zero-order valence-electron chi connectivity index (χ0n) is 10.4. The Morgan fingerprint density at radius 3 is 2.74 bits per heavy atom. The summed E-state index contributed by atoms with van der Waals surface area (Å²) in [6.45, 7) is 2.10. The summed E-state index contributed by atoms with van der Waals surface area (Å²) >= 11 is 1.66. The summed E-state index contributed by atoms with van der Waals surface area (Å²) in [5.41, 5.74) is 2.05. The van der Waals surface area contributed by atoms with E-state index in [1.807, 2.05) is 35.8 Å². The quantitative estimate of drug-likeness (QED) is 0.792. The molecule has 5 nitrogen and oxygen atoms in total. The Hall–Kier alpha value is -2.21. The third kappa shape index (κ3) is 2.63. The second kappa shape index (κ2) is 5.19. The molecule has 3 aromatic rings. The predicted molar refractivity (Wildman–Crippen MR) is 75.5 cm³/mol. The molecule has 3 rings (SSSR count). The highest BCUT2D eigenvalue weighted by atomic mass is 32.1. The topological polar surface area (TPSA) is 55.6 Å². The molecule has 1 N–H and O–H groups in total. The fourth-order valence-corrected chi connectivity index (χ4v) is 2.46. The molecule has 2 aromatic heterocycles. The number of hydrogen-bond acceptors (Lipinski definition) is 5. The first-order valence-electron chi connectivity index (χ1n) is 5.94. The number of hydrogen-bond donors (Lipinski definition) is 1. The van der Waals surface area contributed by atoms with Gasteiger partial charge in [-0.15, -0.1) is 11.3 Å². The van der Waals surface area contributed by atoms with Crippen molar-refractivity contribution in [3.63, 3.8) is 0 Å². The van der Waals surface area contributed by atoms with Crippen molar-refractivity contribution < 1.29 is 0 Å². The average molecular weight is 271 g/mol. The first-order chi connectivity index (χ1) is 9.33. The summed E-state index contributed by atoms with van der Waals surface area (Å²) in [6.07, 6.45) is 5.03. The normalized spacial score (nSPS) is 12.3. The molecular formula is C13H13N5S. The van der Waals surface area contributed by atoms with Gasteiger partial charge in [-0.2, -0.15) is 5.10 Å². The van der Waals surface area contributed by atoms with Gasteiger partial charge in [0.1, 0.15) is 17.7 Å². The van der Waals surface area contributed by atoms with E-state index < -0.39 is 0 Å². The van der Waals surface area contributed by atoms with Crippen LogP contribution in [0.25, 0.3) is 5.69 Å². The highest BCUT2D eigenvalue weighted by Gasteiger charge is 2.07. The highest BCUT2D eigenvalue weighted by Crippen LogP contribution is 2.21. The van der Waals surface area contributed by atoms with Crippen molar-refractivity contribution in [1.29, 1.82) is 0 Å². The van der Waals surface area contributed by atoms with Crippen LogP contribution in [0.15, 0.2) is 48.5 Å². The van der Waals surface area contributed by atoms with Crippen LogP contribution in [0.4, 0.5) is 5.69 Å². The minimum atomic E-state index is 0.206. The standard InChI is InChI=1S/C13H13N5S/c1-10(13-15-6-7-19-13)17-11-2-4-12(5-3-11)18-9-14-8-16-18/h2-10,17H,1H3. The van der Waals surface area contributed by atoms with Crippen LogP contribution in [0.3, 0.4) is 0 Å². The van der Waals surface area contributed by atoms with Gasteiger partial charge in [0, 0.05) is 17.3 Å². The van der Waals surface area contributed by atoms with E-state index in [2.05, 4.69) is 27.3 Å². The molecule has 0 radical (unpaired) electrons. The molecule has 0 aliphatic heterocycles. The molecular weight excluding hydrogens is 258 g/mol. The zero-order chi connectivity index (χ0) is 13.1. The van der Waals surface area contributed by atoms with E-state index in [9.17, 15) is 0 Å². The number of thiazole rings is 1. The van der Waals surface area contributed by atoms with Crippen molar-refractivity contribution in [2.75, 3.05) is 5.32 Å². The van der Waals surface area contributed by atoms with E-state index in [1.165, 1.54) is 6.33 Å². The molecule has 2 heterocycles. The summed E-state index contributed by atoms with van der Waals surface area (Å²) in [6, 6.07) is 8.27. The van der Waals surface area contributed by atoms with E-state index in [1.54, 1.807) is 22.3 Å². The molecule has 0 fully saturated rings. The molecule has 0 saturated carbocycles. The number of aromatic nitrogens is 4. The lowest BCUT2D eigenvalue weighted by Gasteiger charge is -2.13. The summed E-state index contributed by atoms with van der Waals surface area (Å²) in [5.74, 6) is 0. The van der Waals surface area contributed by atoms with Crippen LogP contribution in [0.1, 0.15) is 18.0 Å². The maximum absolute atomic E-state index is 4.30. The summed E-state index contributed by atoms with van der Waals surface area (Å²) in [5, 5.41) is 10.6. The van der Waals surface area contributed by atoms with E-state index >= 15 is 0 Å². The lowest BCUT2D eigenvalue weighted by Crippen LogP contribution is -2.06. The van der Waals surface area contributed by atoms with Gasteiger partial charge in [0.15, 0.2) is 0 Å². The largest absolute Gasteiger partial charge is 0.376 e. The summed E-state index contributed by atoms with van der Waals surface area (Å²) < 4.78 is 1.73. The van der Waals surface area contributed by atoms with Crippen molar-refractivity contribution in [2.24, 2.45) is 0 Å². The van der Waals surface area contributed by atoms with E-state index in [0.29, 0.717) is 0 Å². The molecule has 0 aliphatic rings. The lowest BCUT2D eigenvalue weighted by molar-refractivity contribution is 0.865. The Balaban J connectivity index is 1.73. The van der Waals surface area contributed by atoms with Crippen LogP contribution in [-0.4, -0.2) is 19.7 Å². The number of nitrogens with one attached hydrogen (secondary N) is 1. The van der Waals surface area contributed by atoms with Gasteiger partial charge in [0.2, 0.25) is 0 Å². The maximum Gasteiger partial charge on any atom is 0.138 e. The molecule has 1 unspecified atom stereocenters. The first kappa shape index (κ1) is 11.9. The predicted octanol–water partition coefficient (Wildman–Crippen LogP) is 2.90. The molecule has 0 amide bonds. The number of benzene rings is 1. The fraction of sp³-hybridized carbons (Fsp3) is 0.154. The van der Waals surface area contributed by atoms with Crippen LogP contribution >= 0.6 is 11.3 Å². The van der Waals surface area contributed by atoms with Crippen molar-refractivity contribution in [3.8, 4) is 5.69 Å². The van der Waals surface area contributed by atoms with Crippen molar-refractivity contribution in [3.05, 3.63) is 53.5 Å². The molecule has 0 aliphatic carbocycles. The SMILES string of the molecule is CC(Nc1ccc(-n2cncn2)cc1)c1nccs1. The molecule has 96 valence electrons. The highest BCUT2D eigenvalue weighted by molar-refractivity contribution is 7.09. The van der Waals surface area contributed by atoms with Crippen molar-refractivity contribution in [2.45, 2.75) is 13.0 Å². The Labute approximate surface area is 115 Å². The zero-order valence-corrected chi connectivity index (χ0v) is 11.2. The summed E-state index contributed by atoms with van der Waals surface area (Å²) in [7, 11) is 0. The average Bonchev–Trinajstić information content (AvgIpc) is 3.13. The van der Waals surface area contributed by atoms with Gasteiger partial charge in [0.05, 0.1) is 11.7 Å². The van der Waals surface area contributed by atoms with Crippen molar-refractivity contribution in [1.82, 2.24) is 19.7 Å². The van der Waals surface area contributed by atoms with Crippen LogP contribution < -0.4 is 5.32 Å². The molecule has 19 heavy (non-hydrogen) atoms. The Kier molecular flexibility index (Phi) is 3.24. The fourth-order valence-electron chi connectivity index (χ4n) is 1.81. The Morgan fingerprint density at radius 2 is 2.11 bits per heavy atom. The number of nitrogens with zero attached hydrogens (tertiary/aromatic N) is 4. The van der Waals surface area contributed by atoms with E-state index in [0.717, 1.165) is 16.4 Å². The smallest absolute Gasteiger partial charge is 0.138 e. The van der Waals surface area contributed by atoms with Gasteiger partial charge >= 0.3 is 0 Å². The first-order valence-corrected chi connectivity index (χ1v) is 6.82. The van der Waals surface area contributed by atoms with Gasteiger partial charge in [-0.1, -0.05) is 0 Å². The van der Waals surface area contributed by atoms with Crippen molar-refractivity contribution >= 4 is 17.0 Å². The minimum Gasteiger partial charge on any atom is -0.376 e. The second-order valence-electron chi connectivity index (χ2n) is 4.12. The van der Waals surface area contributed by atoms with Crippen LogP contribution in [0.5, 0.6) is 0 Å². The maximum atomic E-state index is 4.30. The van der Waals surface area contributed by atoms with Crippen LogP contribution in [0.2, 0.25) is 0 Å². The lowest BCUT2D eigenvalue weighted by atomic mass is 10.2. The van der Waals surface area contributed by atoms with E-state index in [-0.39, 0.29) is 6.04 Å². The third-order valence-electron chi connectivity index (χ3n) is 2.76. The number of rotatable bonds is 4. The van der Waals surface area contributed by atoms with Gasteiger partial charge < -0.3 is 5.32 Å². The number of anilines is 1. The molecule has 6 heteroatoms. The minimum absolute atomic E-state index is 0.206. The third-order valence-corrected chi connectivity index (χ3v) is 3.71. The molecule has 1 atom stereocenters. The summed E-state index contributed by atoms with van der Waals surface area (Å²) in [4.78, 5) is 8.24.